The van der Waals surface area contributed by atoms with Gasteiger partial charge in [-0.25, -0.2) is 0 Å². The molecule has 7 heteroatoms. The second kappa shape index (κ2) is 9.49. The molecule has 1 saturated heterocycles. The number of aromatic nitrogens is 2. The second-order valence-electron chi connectivity index (χ2n) is 8.06. The molecule has 1 aliphatic rings. The molecule has 2 aromatic carbocycles. The first-order chi connectivity index (χ1) is 15.0. The zero-order valence-electron chi connectivity index (χ0n) is 18.5. The smallest absolute Gasteiger partial charge is 0.272 e. The lowest BCUT2D eigenvalue weighted by molar-refractivity contribution is 0.0361. The van der Waals surface area contributed by atoms with Gasteiger partial charge in [0, 0.05) is 31.6 Å². The fraction of sp³-hybridized carbons (Fsp3) is 0.417. The molecule has 2 heterocycles. The van der Waals surface area contributed by atoms with Crippen LogP contribution in [0.4, 0.5) is 0 Å². The molecule has 7 nitrogen and oxygen atoms in total. The number of nitrogens with zero attached hydrogens (tertiary/aromatic N) is 3. The van der Waals surface area contributed by atoms with E-state index in [9.17, 15) is 4.79 Å². The molecule has 1 aliphatic heterocycles. The van der Waals surface area contributed by atoms with Gasteiger partial charge in [-0.2, -0.15) is 5.10 Å². The molecule has 1 amide bonds. The number of hydrogen-bond donors (Lipinski definition) is 1. The molecule has 1 aromatic heterocycles. The standard InChI is InChI=1S/C24H30N4O3/c1-17-13-18(2)15-19(14-17)16-25-24(29)22-20-5-4-6-21(30-3)23(20)28(26-22)8-7-27-9-11-31-12-10-27/h4-6,13-15H,7-12,16H2,1-3H3,(H,25,29). The van der Waals surface area contributed by atoms with Crippen molar-refractivity contribution in [2.75, 3.05) is 40.0 Å². The Labute approximate surface area is 182 Å². The quantitative estimate of drug-likeness (QED) is 0.634. The number of fused-ring (bicyclic) bond motifs is 1. The van der Waals surface area contributed by atoms with Crippen LogP contribution in [0.15, 0.2) is 36.4 Å². The summed E-state index contributed by atoms with van der Waals surface area (Å²) in [7, 11) is 1.65. The molecule has 0 aliphatic carbocycles. The highest BCUT2D eigenvalue weighted by Crippen LogP contribution is 2.28. The van der Waals surface area contributed by atoms with Gasteiger partial charge >= 0.3 is 0 Å². The van der Waals surface area contributed by atoms with Crippen LogP contribution in [0.5, 0.6) is 5.75 Å². The average molecular weight is 423 g/mol. The molecule has 0 spiro atoms. The molecular weight excluding hydrogens is 392 g/mol. The molecule has 0 bridgehead atoms. The summed E-state index contributed by atoms with van der Waals surface area (Å²) in [6.45, 7) is 9.47. The van der Waals surface area contributed by atoms with Gasteiger partial charge in [0.05, 0.1) is 26.9 Å². The molecule has 0 atom stereocenters. The highest BCUT2D eigenvalue weighted by atomic mass is 16.5. The Kier molecular flexibility index (Phi) is 6.53. The summed E-state index contributed by atoms with van der Waals surface area (Å²) in [5.74, 6) is 0.544. The van der Waals surface area contributed by atoms with Gasteiger partial charge in [-0.05, 0) is 25.5 Å². The van der Waals surface area contributed by atoms with E-state index < -0.39 is 0 Å². The predicted molar refractivity (Wildman–Crippen MR) is 121 cm³/mol. The fourth-order valence-corrected chi connectivity index (χ4v) is 4.20. The van der Waals surface area contributed by atoms with Crippen molar-refractivity contribution in [3.63, 3.8) is 0 Å². The predicted octanol–water partition coefficient (Wildman–Crippen LogP) is 2.92. The largest absolute Gasteiger partial charge is 0.494 e. The van der Waals surface area contributed by atoms with Crippen molar-refractivity contribution < 1.29 is 14.3 Å². The number of aryl methyl sites for hydroxylation is 2. The molecule has 3 aromatic rings. The molecule has 0 saturated carbocycles. The number of rotatable bonds is 7. The summed E-state index contributed by atoms with van der Waals surface area (Å²) in [4.78, 5) is 15.4. The van der Waals surface area contributed by atoms with E-state index >= 15 is 0 Å². The summed E-state index contributed by atoms with van der Waals surface area (Å²) < 4.78 is 12.9. The van der Waals surface area contributed by atoms with Crippen LogP contribution >= 0.6 is 0 Å². The summed E-state index contributed by atoms with van der Waals surface area (Å²) >= 11 is 0. The lowest BCUT2D eigenvalue weighted by Crippen LogP contribution is -2.38. The maximum absolute atomic E-state index is 13.1. The molecule has 0 radical (unpaired) electrons. The first-order valence-electron chi connectivity index (χ1n) is 10.7. The molecule has 1 fully saturated rings. The summed E-state index contributed by atoms with van der Waals surface area (Å²) in [5, 5.41) is 8.54. The van der Waals surface area contributed by atoms with E-state index in [0.717, 1.165) is 55.1 Å². The van der Waals surface area contributed by atoms with Gasteiger partial charge in [0.1, 0.15) is 11.3 Å². The van der Waals surface area contributed by atoms with Crippen LogP contribution in [0, 0.1) is 13.8 Å². The van der Waals surface area contributed by atoms with Crippen LogP contribution in [-0.2, 0) is 17.8 Å². The number of nitrogens with one attached hydrogen (secondary N) is 1. The Morgan fingerprint density at radius 2 is 1.87 bits per heavy atom. The number of amides is 1. The van der Waals surface area contributed by atoms with Crippen molar-refractivity contribution in [1.29, 1.82) is 0 Å². The molecule has 164 valence electrons. The number of benzene rings is 2. The number of methoxy groups -OCH3 is 1. The molecule has 31 heavy (non-hydrogen) atoms. The van der Waals surface area contributed by atoms with Crippen LogP contribution < -0.4 is 10.1 Å². The van der Waals surface area contributed by atoms with E-state index in [4.69, 9.17) is 14.6 Å². The van der Waals surface area contributed by atoms with E-state index in [1.807, 2.05) is 22.9 Å². The Balaban J connectivity index is 1.56. The summed E-state index contributed by atoms with van der Waals surface area (Å²) in [6, 6.07) is 12.1. The van der Waals surface area contributed by atoms with E-state index in [0.29, 0.717) is 18.8 Å². The van der Waals surface area contributed by atoms with Gasteiger partial charge in [-0.3, -0.25) is 14.4 Å². The summed E-state index contributed by atoms with van der Waals surface area (Å²) in [5.41, 5.74) is 4.74. The molecule has 1 N–H and O–H groups in total. The topological polar surface area (TPSA) is 68.6 Å². The number of morpholine rings is 1. The summed E-state index contributed by atoms with van der Waals surface area (Å²) in [6.07, 6.45) is 0. The third kappa shape index (κ3) is 4.89. The first-order valence-corrected chi connectivity index (χ1v) is 10.7. The Bertz CT molecular complexity index is 1050. The molecular formula is C24H30N4O3. The zero-order chi connectivity index (χ0) is 21.8. The third-order valence-corrected chi connectivity index (χ3v) is 5.63. The number of carbonyl (C=O) groups excluding carboxylic acids is 1. The number of hydrogen-bond acceptors (Lipinski definition) is 5. The van der Waals surface area contributed by atoms with Crippen LogP contribution in [0.25, 0.3) is 10.9 Å². The first kappa shape index (κ1) is 21.3. The lowest BCUT2D eigenvalue weighted by Gasteiger charge is -2.26. The maximum atomic E-state index is 13.1. The van der Waals surface area contributed by atoms with Gasteiger partial charge in [-0.15, -0.1) is 0 Å². The Morgan fingerprint density at radius 1 is 1.13 bits per heavy atom. The fourth-order valence-electron chi connectivity index (χ4n) is 4.20. The van der Waals surface area contributed by atoms with Gasteiger partial charge < -0.3 is 14.8 Å². The Hall–Kier alpha value is -2.90. The van der Waals surface area contributed by atoms with Crippen molar-refractivity contribution in [2.45, 2.75) is 26.9 Å². The number of ether oxygens (including phenoxy) is 2. The van der Waals surface area contributed by atoms with Crippen molar-refractivity contribution in [2.24, 2.45) is 0 Å². The Morgan fingerprint density at radius 3 is 2.58 bits per heavy atom. The van der Waals surface area contributed by atoms with Gasteiger partial charge in [-0.1, -0.05) is 41.5 Å². The van der Waals surface area contributed by atoms with Crippen molar-refractivity contribution in [1.82, 2.24) is 20.0 Å². The minimum absolute atomic E-state index is 0.178. The van der Waals surface area contributed by atoms with Crippen molar-refractivity contribution in [3.05, 3.63) is 58.8 Å². The van der Waals surface area contributed by atoms with Crippen LogP contribution in [-0.4, -0.2) is 60.5 Å². The third-order valence-electron chi connectivity index (χ3n) is 5.63. The van der Waals surface area contributed by atoms with Gasteiger partial charge in [0.2, 0.25) is 0 Å². The van der Waals surface area contributed by atoms with E-state index in [2.05, 4.69) is 42.3 Å². The monoisotopic (exact) mass is 422 g/mol. The molecule has 0 unspecified atom stereocenters. The van der Waals surface area contributed by atoms with Gasteiger partial charge in [0.25, 0.3) is 5.91 Å². The highest BCUT2D eigenvalue weighted by molar-refractivity contribution is 6.06. The second-order valence-corrected chi connectivity index (χ2v) is 8.06. The maximum Gasteiger partial charge on any atom is 0.272 e. The van der Waals surface area contributed by atoms with Crippen molar-refractivity contribution >= 4 is 16.8 Å². The van der Waals surface area contributed by atoms with Crippen molar-refractivity contribution in [3.8, 4) is 5.75 Å². The van der Waals surface area contributed by atoms with E-state index in [1.165, 1.54) is 11.1 Å². The molecule has 4 rings (SSSR count). The average Bonchev–Trinajstić information content (AvgIpc) is 3.15. The van der Waals surface area contributed by atoms with Crippen LogP contribution in [0.3, 0.4) is 0 Å². The SMILES string of the molecule is COc1cccc2c(C(=O)NCc3cc(C)cc(C)c3)nn(CCN3CCOCC3)c12. The minimum atomic E-state index is -0.178. The van der Waals surface area contributed by atoms with Crippen LogP contribution in [0.2, 0.25) is 0 Å². The lowest BCUT2D eigenvalue weighted by atomic mass is 10.1. The van der Waals surface area contributed by atoms with Crippen LogP contribution in [0.1, 0.15) is 27.2 Å². The minimum Gasteiger partial charge on any atom is -0.494 e. The number of carbonyl (C=O) groups is 1. The van der Waals surface area contributed by atoms with Gasteiger partial charge in [0.15, 0.2) is 5.69 Å². The number of para-hydroxylation sites is 1. The normalized spacial score (nSPS) is 14.7. The zero-order valence-corrected chi connectivity index (χ0v) is 18.5. The van der Waals surface area contributed by atoms with E-state index in [-0.39, 0.29) is 5.91 Å². The van der Waals surface area contributed by atoms with E-state index in [1.54, 1.807) is 7.11 Å². The highest BCUT2D eigenvalue weighted by Gasteiger charge is 2.20.